The number of rotatable bonds is 7. The van der Waals surface area contributed by atoms with Crippen LogP contribution in [0, 0.1) is 6.92 Å². The maximum Gasteiger partial charge on any atom is 0.156 e. The summed E-state index contributed by atoms with van der Waals surface area (Å²) < 4.78 is 7.15. The van der Waals surface area contributed by atoms with Crippen molar-refractivity contribution < 1.29 is 4.52 Å². The number of benzene rings is 1. The second-order valence-corrected chi connectivity index (χ2v) is 7.00. The Kier molecular flexibility index (Phi) is 5.55. The van der Waals surface area contributed by atoms with Crippen LogP contribution in [0.15, 0.2) is 40.9 Å². The monoisotopic (exact) mass is 367 g/mol. The van der Waals surface area contributed by atoms with Gasteiger partial charge in [0.25, 0.3) is 0 Å². The van der Waals surface area contributed by atoms with Crippen LogP contribution in [-0.4, -0.2) is 67.9 Å². The Labute approximate surface area is 158 Å². The number of para-hydroxylation sites is 1. The van der Waals surface area contributed by atoms with E-state index in [4.69, 9.17) is 4.52 Å². The van der Waals surface area contributed by atoms with Crippen molar-refractivity contribution in [3.63, 3.8) is 0 Å². The fourth-order valence-corrected chi connectivity index (χ4v) is 3.47. The van der Waals surface area contributed by atoms with Crippen LogP contribution >= 0.6 is 0 Å². The predicted octanol–water partition coefficient (Wildman–Crippen LogP) is 1.71. The van der Waals surface area contributed by atoms with E-state index in [0.29, 0.717) is 0 Å². The van der Waals surface area contributed by atoms with Crippen molar-refractivity contribution in [2.24, 2.45) is 0 Å². The van der Waals surface area contributed by atoms with Gasteiger partial charge in [-0.15, -0.1) is 5.10 Å². The Morgan fingerprint density at radius 3 is 2.56 bits per heavy atom. The number of piperazine rings is 1. The molecule has 0 saturated carbocycles. The molecule has 1 fully saturated rings. The fraction of sp³-hybridized carbons (Fsp3) is 0.474. The first-order valence-corrected chi connectivity index (χ1v) is 9.47. The summed E-state index contributed by atoms with van der Waals surface area (Å²) in [5.41, 5.74) is 1.95. The normalized spacial score (nSPS) is 16.0. The van der Waals surface area contributed by atoms with Crippen LogP contribution in [0.3, 0.4) is 0 Å². The zero-order chi connectivity index (χ0) is 18.5. The van der Waals surface area contributed by atoms with Crippen LogP contribution < -0.4 is 0 Å². The van der Waals surface area contributed by atoms with E-state index in [-0.39, 0.29) is 0 Å². The molecule has 0 aliphatic carbocycles. The molecule has 0 amide bonds. The molecule has 4 rings (SSSR count). The van der Waals surface area contributed by atoms with Crippen LogP contribution in [0.4, 0.5) is 0 Å². The third kappa shape index (κ3) is 4.58. The van der Waals surface area contributed by atoms with Crippen LogP contribution in [0.1, 0.15) is 23.7 Å². The maximum absolute atomic E-state index is 5.32. The number of nitrogens with zero attached hydrogens (tertiary/aromatic N) is 7. The van der Waals surface area contributed by atoms with Gasteiger partial charge >= 0.3 is 0 Å². The Bertz CT molecular complexity index is 837. The summed E-state index contributed by atoms with van der Waals surface area (Å²) in [6.45, 7) is 8.15. The number of aromatic nitrogens is 5. The van der Waals surface area contributed by atoms with E-state index in [1.807, 2.05) is 48.0 Å². The minimum atomic E-state index is 0.848. The Morgan fingerprint density at radius 2 is 1.81 bits per heavy atom. The van der Waals surface area contributed by atoms with E-state index in [1.165, 1.54) is 0 Å². The molecular weight excluding hydrogens is 342 g/mol. The molecule has 1 saturated heterocycles. The van der Waals surface area contributed by atoms with Gasteiger partial charge in [0.05, 0.1) is 17.9 Å². The van der Waals surface area contributed by atoms with Gasteiger partial charge in [-0.05, 0) is 42.4 Å². The molecule has 2 aromatic heterocycles. The van der Waals surface area contributed by atoms with E-state index in [9.17, 15) is 0 Å². The van der Waals surface area contributed by atoms with Gasteiger partial charge in [0, 0.05) is 38.7 Å². The average Bonchev–Trinajstić information content (AvgIpc) is 3.33. The molecule has 3 heterocycles. The Balaban J connectivity index is 1.22. The molecule has 0 bridgehead atoms. The molecule has 0 N–H and O–H groups in total. The highest BCUT2D eigenvalue weighted by molar-refractivity contribution is 5.30. The van der Waals surface area contributed by atoms with E-state index < -0.39 is 0 Å². The van der Waals surface area contributed by atoms with Crippen molar-refractivity contribution in [1.82, 2.24) is 35.2 Å². The van der Waals surface area contributed by atoms with Gasteiger partial charge in [-0.25, -0.2) is 0 Å². The van der Waals surface area contributed by atoms with Crippen molar-refractivity contribution >= 4 is 0 Å². The molecule has 0 radical (unpaired) electrons. The van der Waals surface area contributed by atoms with Gasteiger partial charge in [-0.1, -0.05) is 23.4 Å². The first-order chi connectivity index (χ1) is 13.3. The molecule has 1 aliphatic heterocycles. The molecule has 0 spiro atoms. The number of aryl methyl sites for hydroxylation is 2. The summed E-state index contributed by atoms with van der Waals surface area (Å²) >= 11 is 0. The molecule has 8 heteroatoms. The van der Waals surface area contributed by atoms with Crippen molar-refractivity contribution in [1.29, 1.82) is 0 Å². The summed E-state index contributed by atoms with van der Waals surface area (Å²) in [5, 5.41) is 16.1. The summed E-state index contributed by atoms with van der Waals surface area (Å²) in [6.07, 6.45) is 1.92. The average molecular weight is 367 g/mol. The molecule has 1 aromatic carbocycles. The molecule has 142 valence electrons. The molecule has 0 atom stereocenters. The summed E-state index contributed by atoms with van der Waals surface area (Å²) in [7, 11) is 0. The second-order valence-electron chi connectivity index (χ2n) is 7.00. The lowest BCUT2D eigenvalue weighted by atomic mass is 10.2. The van der Waals surface area contributed by atoms with Crippen LogP contribution in [-0.2, 0) is 13.0 Å². The van der Waals surface area contributed by atoms with Gasteiger partial charge in [0.15, 0.2) is 11.6 Å². The van der Waals surface area contributed by atoms with Gasteiger partial charge in [0.1, 0.15) is 0 Å². The van der Waals surface area contributed by atoms with Crippen molar-refractivity contribution in [3.8, 4) is 5.69 Å². The second kappa shape index (κ2) is 8.41. The Hall–Kier alpha value is -2.58. The smallest absolute Gasteiger partial charge is 0.156 e. The maximum atomic E-state index is 5.32. The van der Waals surface area contributed by atoms with Gasteiger partial charge in [0.2, 0.25) is 0 Å². The van der Waals surface area contributed by atoms with E-state index in [2.05, 4.69) is 30.5 Å². The van der Waals surface area contributed by atoms with Crippen molar-refractivity contribution in [2.75, 3.05) is 32.7 Å². The molecule has 3 aromatic rings. The summed E-state index contributed by atoms with van der Waals surface area (Å²) in [5.74, 6) is 1.87. The quantitative estimate of drug-likeness (QED) is 0.629. The van der Waals surface area contributed by atoms with E-state index in [0.717, 1.165) is 75.1 Å². The molecule has 27 heavy (non-hydrogen) atoms. The first kappa shape index (κ1) is 17.8. The SMILES string of the molecule is Cc1cc(CN2CCN(CCCc3nnnn3-c3ccccc3)CC2)on1. The molecule has 1 aliphatic rings. The van der Waals surface area contributed by atoms with E-state index in [1.54, 1.807) is 0 Å². The predicted molar refractivity (Wildman–Crippen MR) is 100 cm³/mol. The Morgan fingerprint density at radius 1 is 1.04 bits per heavy atom. The number of hydrogen-bond acceptors (Lipinski definition) is 7. The molecule has 8 nitrogen and oxygen atoms in total. The van der Waals surface area contributed by atoms with Crippen molar-refractivity contribution in [2.45, 2.75) is 26.3 Å². The standard InChI is InChI=1S/C19H25N7O/c1-16-14-18(27-21-16)15-25-12-10-24(11-13-25)9-5-8-19-20-22-23-26(19)17-6-3-2-4-7-17/h2-4,6-7,14H,5,8-13,15H2,1H3. The van der Waals surface area contributed by atoms with Gasteiger partial charge < -0.3 is 9.42 Å². The van der Waals surface area contributed by atoms with Crippen LogP contribution in [0.2, 0.25) is 0 Å². The highest BCUT2D eigenvalue weighted by Crippen LogP contribution is 2.12. The van der Waals surface area contributed by atoms with Gasteiger partial charge in [-0.2, -0.15) is 4.68 Å². The van der Waals surface area contributed by atoms with Crippen LogP contribution in [0.25, 0.3) is 5.69 Å². The first-order valence-electron chi connectivity index (χ1n) is 9.47. The minimum Gasteiger partial charge on any atom is -0.360 e. The highest BCUT2D eigenvalue weighted by Gasteiger charge is 2.18. The number of tetrazole rings is 1. The molecular formula is C19H25N7O. The lowest BCUT2D eigenvalue weighted by molar-refractivity contribution is 0.117. The molecule has 0 unspecified atom stereocenters. The number of hydrogen-bond donors (Lipinski definition) is 0. The van der Waals surface area contributed by atoms with Gasteiger partial charge in [-0.3, -0.25) is 4.90 Å². The summed E-state index contributed by atoms with van der Waals surface area (Å²) in [6, 6.07) is 12.1. The topological polar surface area (TPSA) is 76.1 Å². The summed E-state index contributed by atoms with van der Waals surface area (Å²) in [4.78, 5) is 4.94. The largest absolute Gasteiger partial charge is 0.360 e. The lowest BCUT2D eigenvalue weighted by Gasteiger charge is -2.34. The highest BCUT2D eigenvalue weighted by atomic mass is 16.5. The fourth-order valence-electron chi connectivity index (χ4n) is 3.47. The zero-order valence-electron chi connectivity index (χ0n) is 15.7. The van der Waals surface area contributed by atoms with E-state index >= 15 is 0 Å². The third-order valence-electron chi connectivity index (χ3n) is 4.93. The lowest BCUT2D eigenvalue weighted by Crippen LogP contribution is -2.46. The van der Waals surface area contributed by atoms with Crippen LogP contribution in [0.5, 0.6) is 0 Å². The minimum absolute atomic E-state index is 0.848. The van der Waals surface area contributed by atoms with Crippen molar-refractivity contribution in [3.05, 3.63) is 53.7 Å². The zero-order valence-corrected chi connectivity index (χ0v) is 15.7. The third-order valence-corrected chi connectivity index (χ3v) is 4.93.